The number of benzene rings is 3. The molecular formula is C52H45F3N6O17S3. The Kier molecular flexibility index (Phi) is 19.9. The number of methoxy groups -OCH3 is 5. The average Bonchev–Trinajstić information content (AvgIpc) is 4.41. The molecule has 9 aromatic rings. The zero-order valence-corrected chi connectivity index (χ0v) is 45.9. The van der Waals surface area contributed by atoms with E-state index >= 15 is 0 Å². The molecule has 0 fully saturated rings. The number of aromatic carboxylic acids is 1. The second-order valence-corrected chi connectivity index (χ2v) is 19.1. The Morgan fingerprint density at radius 3 is 1.28 bits per heavy atom. The van der Waals surface area contributed by atoms with Crippen LogP contribution in [0.1, 0.15) is 31.1 Å². The molecule has 424 valence electrons. The number of hydrogen-bond donors (Lipinski definition) is 5. The second kappa shape index (κ2) is 26.7. The summed E-state index contributed by atoms with van der Waals surface area (Å²) in [7, 11) is 11.3. The number of esters is 2. The highest BCUT2D eigenvalue weighted by Crippen LogP contribution is 2.35. The number of thiophene rings is 3. The van der Waals surface area contributed by atoms with E-state index in [4.69, 9.17) is 38.3 Å². The van der Waals surface area contributed by atoms with E-state index in [9.17, 15) is 51.5 Å². The first-order valence-corrected chi connectivity index (χ1v) is 25.1. The van der Waals surface area contributed by atoms with Crippen LogP contribution in [0.3, 0.4) is 0 Å². The van der Waals surface area contributed by atoms with E-state index in [1.165, 1.54) is 136 Å². The van der Waals surface area contributed by atoms with E-state index in [0.29, 0.717) is 42.1 Å². The van der Waals surface area contributed by atoms with Crippen LogP contribution in [0.5, 0.6) is 17.2 Å². The smallest absolute Gasteiger partial charge is 0.351 e. The lowest BCUT2D eigenvalue weighted by atomic mass is 10.3. The number of urea groups is 2. The summed E-state index contributed by atoms with van der Waals surface area (Å²) in [6.07, 6.45) is 0. The molecule has 0 saturated heterocycles. The van der Waals surface area contributed by atoms with Crippen LogP contribution < -0.4 is 62.6 Å². The molecule has 29 heteroatoms. The second-order valence-electron chi connectivity index (χ2n) is 15.9. The molecule has 3 aromatic carbocycles. The maximum Gasteiger partial charge on any atom is 0.351 e. The van der Waals surface area contributed by atoms with Gasteiger partial charge in [-0.1, -0.05) is 0 Å². The summed E-state index contributed by atoms with van der Waals surface area (Å²) in [5, 5.41) is 18.9. The van der Waals surface area contributed by atoms with Crippen molar-refractivity contribution in [1.82, 2.24) is 0 Å². The van der Waals surface area contributed by atoms with E-state index in [-0.39, 0.29) is 45.3 Å². The fourth-order valence-corrected chi connectivity index (χ4v) is 9.50. The summed E-state index contributed by atoms with van der Waals surface area (Å²) in [6.45, 7) is 0. The number of nitrogens with zero attached hydrogens (tertiary/aromatic N) is 2. The zero-order valence-electron chi connectivity index (χ0n) is 43.5. The number of ether oxygens (including phenoxy) is 5. The van der Waals surface area contributed by atoms with E-state index in [2.05, 4.69) is 25.4 Å². The first kappa shape index (κ1) is 60.4. The Labute approximate surface area is 466 Å². The lowest BCUT2D eigenvalue weighted by Crippen LogP contribution is -2.30. The van der Waals surface area contributed by atoms with Crippen molar-refractivity contribution in [2.24, 2.45) is 0 Å². The van der Waals surface area contributed by atoms with Crippen LogP contribution in [-0.2, 0) is 9.47 Å². The number of hydrogen-bond acceptors (Lipinski definition) is 21. The number of fused-ring (bicyclic) bond motifs is 3. The Morgan fingerprint density at radius 2 is 0.901 bits per heavy atom. The molecule has 4 amide bonds. The largest absolute Gasteiger partial charge is 0.494 e. The maximum atomic E-state index is 13.3. The molecule has 0 aliphatic rings. The highest BCUT2D eigenvalue weighted by molar-refractivity contribution is 7.23. The van der Waals surface area contributed by atoms with Crippen molar-refractivity contribution in [1.29, 1.82) is 0 Å². The molecule has 0 aliphatic heterocycles. The molecule has 6 N–H and O–H groups in total. The van der Waals surface area contributed by atoms with Crippen molar-refractivity contribution >= 4 is 127 Å². The van der Waals surface area contributed by atoms with Gasteiger partial charge in [0.05, 0.1) is 71.7 Å². The predicted molar refractivity (Wildman–Crippen MR) is 298 cm³/mol. The van der Waals surface area contributed by atoms with Crippen molar-refractivity contribution in [2.45, 2.75) is 0 Å². The standard InChI is InChI=1S/C18H15FN2O6S.C17H13FN2O6S.C10H9NO4S.C7H8FNO/c1-21(18(24)20-11-5-4-9(19)6-12(11)25-2)15-8-13-14(28-15)7-10(16(22)26-3)17(23)27-13;1-20(17(24)19-10-4-3-8(18)5-11(10)25-2)14-7-12-13(27-14)6-9(15(21)22)16(23)26-12;1-11-8-4-6-7(16-8)3-5(9(12)14-2)10(13)15-6;1-10-7-4-5(8)2-3-6(7)9/h4-8H,1-3H3,(H,20,24);3-7H,1-2H3,(H,19,24)(H,21,22);3-4,11H,1-2H3;2-4H,9H2,1H3. The minimum Gasteiger partial charge on any atom is -0.494 e. The number of anilines is 6. The molecule has 0 saturated carbocycles. The average molecular weight is 1180 g/mol. The Morgan fingerprint density at radius 1 is 0.531 bits per heavy atom. The lowest BCUT2D eigenvalue weighted by Gasteiger charge is -2.17. The lowest BCUT2D eigenvalue weighted by molar-refractivity contribution is 0.0587. The summed E-state index contributed by atoms with van der Waals surface area (Å²) in [5.41, 5.74) is 4.01. The number of carboxylic acids is 1. The van der Waals surface area contributed by atoms with Gasteiger partial charge in [0.15, 0.2) is 16.7 Å². The number of carbonyl (C=O) groups excluding carboxylic acids is 4. The summed E-state index contributed by atoms with van der Waals surface area (Å²) >= 11 is 3.61. The Bertz CT molecular complexity index is 4020. The van der Waals surface area contributed by atoms with Gasteiger partial charge in [-0.3, -0.25) is 9.80 Å². The van der Waals surface area contributed by atoms with Crippen molar-refractivity contribution in [3.63, 3.8) is 0 Å². The van der Waals surface area contributed by atoms with Crippen molar-refractivity contribution in [3.05, 3.63) is 156 Å². The Balaban J connectivity index is 0.000000185. The van der Waals surface area contributed by atoms with Crippen LogP contribution in [0, 0.1) is 17.5 Å². The van der Waals surface area contributed by atoms with Gasteiger partial charge in [0, 0.05) is 57.5 Å². The third-order valence-corrected chi connectivity index (χ3v) is 14.2. The zero-order chi connectivity index (χ0) is 59.4. The van der Waals surface area contributed by atoms with Crippen LogP contribution in [0.4, 0.5) is 54.8 Å². The van der Waals surface area contributed by atoms with E-state index in [1.807, 2.05) is 0 Å². The van der Waals surface area contributed by atoms with Gasteiger partial charge in [0.25, 0.3) is 0 Å². The number of carbonyl (C=O) groups is 5. The fraction of sp³-hybridized carbons (Fsp3) is 0.154. The molecule has 0 unspecified atom stereocenters. The summed E-state index contributed by atoms with van der Waals surface area (Å²) in [4.78, 5) is 96.4. The van der Waals surface area contributed by atoms with Crippen molar-refractivity contribution in [2.75, 3.05) is 88.2 Å². The number of carboxylic acid groups (broad SMARTS) is 1. The highest BCUT2D eigenvalue weighted by atomic mass is 32.1. The number of halogens is 3. The summed E-state index contributed by atoms with van der Waals surface area (Å²) in [5.74, 6) is -3.52. The number of nitrogen functional groups attached to an aromatic ring is 1. The van der Waals surface area contributed by atoms with Gasteiger partial charge in [-0.05, 0) is 54.6 Å². The highest BCUT2D eigenvalue weighted by Gasteiger charge is 2.22. The van der Waals surface area contributed by atoms with Gasteiger partial charge in [0.1, 0.15) is 61.4 Å². The van der Waals surface area contributed by atoms with Gasteiger partial charge in [-0.2, -0.15) is 0 Å². The quantitative estimate of drug-likeness (QED) is 0.0594. The third kappa shape index (κ3) is 14.6. The number of nitrogens with two attached hydrogens (primary N) is 1. The maximum absolute atomic E-state index is 13.3. The minimum atomic E-state index is -1.39. The number of amides is 4. The number of nitrogens with one attached hydrogen (secondary N) is 3. The Hall–Kier alpha value is -9.87. The SMILES string of the molecule is CNc1cc2oc(=O)c(C(=O)OC)cc2s1.COC(=O)c1cc2sc(N(C)C(=O)Nc3ccc(F)cc3OC)cc2oc1=O.COc1cc(F)ccc1N.COc1cc(F)ccc1NC(=O)N(C)c1cc2oc(=O)c(C(=O)O)cc2s1. The topological polar surface area (TPSA) is 311 Å². The van der Waals surface area contributed by atoms with Crippen LogP contribution in [0.25, 0.3) is 30.8 Å². The van der Waals surface area contributed by atoms with Crippen LogP contribution in [0.2, 0.25) is 0 Å². The van der Waals surface area contributed by atoms with Crippen molar-refractivity contribution in [3.8, 4) is 17.2 Å². The number of rotatable bonds is 11. The van der Waals surface area contributed by atoms with Gasteiger partial charge in [-0.15, -0.1) is 34.0 Å². The molecule has 0 spiro atoms. The summed E-state index contributed by atoms with van der Waals surface area (Å²) < 4.78 is 79.6. The molecule has 6 heterocycles. The minimum absolute atomic E-state index is 0.0838. The fourth-order valence-electron chi connectivity index (χ4n) is 6.64. The molecule has 0 bridgehead atoms. The van der Waals surface area contributed by atoms with Crippen LogP contribution >= 0.6 is 34.0 Å². The van der Waals surface area contributed by atoms with Crippen LogP contribution in [0.15, 0.2) is 119 Å². The third-order valence-electron chi connectivity index (χ3n) is 10.8. The monoisotopic (exact) mass is 1180 g/mol. The molecule has 0 aliphatic carbocycles. The summed E-state index contributed by atoms with van der Waals surface area (Å²) in [6, 6.07) is 19.0. The van der Waals surface area contributed by atoms with Gasteiger partial charge in [-0.25, -0.2) is 51.5 Å². The first-order valence-electron chi connectivity index (χ1n) is 22.7. The van der Waals surface area contributed by atoms with Gasteiger partial charge >= 0.3 is 46.8 Å². The molecule has 81 heavy (non-hydrogen) atoms. The molecule has 0 radical (unpaired) electrons. The first-order chi connectivity index (χ1) is 38.5. The molecule has 6 aromatic heterocycles. The van der Waals surface area contributed by atoms with Gasteiger partial charge < -0.3 is 63.7 Å². The molecule has 23 nitrogen and oxygen atoms in total. The van der Waals surface area contributed by atoms with E-state index in [1.54, 1.807) is 13.1 Å². The van der Waals surface area contributed by atoms with E-state index in [0.717, 1.165) is 51.6 Å². The van der Waals surface area contributed by atoms with E-state index < -0.39 is 64.0 Å². The van der Waals surface area contributed by atoms with Gasteiger partial charge in [0.2, 0.25) is 0 Å². The van der Waals surface area contributed by atoms with Crippen molar-refractivity contribution < 1.29 is 79.2 Å². The predicted octanol–water partition coefficient (Wildman–Crippen LogP) is 9.93. The molecule has 9 rings (SSSR count). The molecular weight excluding hydrogens is 1130 g/mol. The molecule has 0 atom stereocenters. The van der Waals surface area contributed by atoms with Crippen LogP contribution in [-0.4, -0.2) is 91.8 Å². The normalized spacial score (nSPS) is 10.4.